The van der Waals surface area contributed by atoms with Crippen LogP contribution in [0.1, 0.15) is 33.1 Å². The molecule has 0 spiro atoms. The van der Waals surface area contributed by atoms with Crippen molar-refractivity contribution in [3.05, 3.63) is 0 Å². The first kappa shape index (κ1) is 15.6. The molecule has 92 valence electrons. The van der Waals surface area contributed by atoms with Crippen LogP contribution >= 0.6 is 22.2 Å². The summed E-state index contributed by atoms with van der Waals surface area (Å²) in [7, 11) is 0. The summed E-state index contributed by atoms with van der Waals surface area (Å²) in [5.41, 5.74) is 0. The van der Waals surface area contributed by atoms with Crippen LogP contribution in [0, 0.1) is 5.92 Å². The van der Waals surface area contributed by atoms with E-state index in [0.29, 0.717) is 12.0 Å². The Balaban J connectivity index is 3.86. The van der Waals surface area contributed by atoms with Gasteiger partial charge in [-0.1, -0.05) is 26.7 Å². The van der Waals surface area contributed by atoms with E-state index in [1.165, 1.54) is 0 Å². The third-order valence-corrected chi connectivity index (χ3v) is 6.74. The maximum Gasteiger partial charge on any atom is 0.388 e. The van der Waals surface area contributed by atoms with E-state index in [1.54, 1.807) is 0 Å². The van der Waals surface area contributed by atoms with Crippen molar-refractivity contribution in [2.24, 2.45) is 5.92 Å². The van der Waals surface area contributed by atoms with Gasteiger partial charge in [-0.15, -0.1) is 22.2 Å². The number of alkyl halides is 3. The third kappa shape index (κ3) is 9.51. The lowest BCUT2D eigenvalue weighted by Gasteiger charge is -2.19. The summed E-state index contributed by atoms with van der Waals surface area (Å²) in [6, 6.07) is 0.469. The molecule has 0 saturated carbocycles. The van der Waals surface area contributed by atoms with Gasteiger partial charge in [-0.25, -0.2) is 0 Å². The first-order chi connectivity index (χ1) is 6.66. The maximum absolute atomic E-state index is 12.0. The highest BCUT2D eigenvalue weighted by atomic mass is 35.7. The van der Waals surface area contributed by atoms with Crippen molar-refractivity contribution in [1.29, 1.82) is 0 Å². The number of hydrogen-bond donors (Lipinski definition) is 0. The molecule has 0 aliphatic carbocycles. The molecule has 0 rings (SSSR count). The molecule has 1 atom stereocenters. The zero-order valence-electron chi connectivity index (χ0n) is 9.00. The van der Waals surface area contributed by atoms with Gasteiger partial charge in [0.1, 0.15) is 0 Å². The number of rotatable bonds is 6. The van der Waals surface area contributed by atoms with Gasteiger partial charge >= 0.3 is 6.18 Å². The lowest BCUT2D eigenvalue weighted by atomic mass is 10.1. The highest BCUT2D eigenvalue weighted by Crippen LogP contribution is 2.34. The van der Waals surface area contributed by atoms with Gasteiger partial charge in [0.15, 0.2) is 0 Å². The van der Waals surface area contributed by atoms with Gasteiger partial charge < -0.3 is 0 Å². The largest absolute Gasteiger partial charge is 0.388 e. The molecule has 0 fully saturated rings. The van der Waals surface area contributed by atoms with E-state index in [9.17, 15) is 13.2 Å². The highest BCUT2D eigenvalue weighted by molar-refractivity contribution is 7.45. The first-order valence-electron chi connectivity index (χ1n) is 5.11. The van der Waals surface area contributed by atoms with Crippen LogP contribution in [0.25, 0.3) is 0 Å². The van der Waals surface area contributed by atoms with E-state index in [2.05, 4.69) is 6.92 Å². The topological polar surface area (TPSA) is 0 Å². The Kier molecular flexibility index (Phi) is 6.60. The molecule has 0 N–H and O–H groups in total. The number of halogens is 5. The molecule has 0 amide bonds. The quantitative estimate of drug-likeness (QED) is 0.458. The molecule has 0 aromatic rings. The third-order valence-electron chi connectivity index (χ3n) is 2.47. The normalized spacial score (nSPS) is 15.4. The zero-order chi connectivity index (χ0) is 12.1. The minimum Gasteiger partial charge on any atom is -0.171 e. The van der Waals surface area contributed by atoms with Crippen LogP contribution in [-0.2, 0) is 0 Å². The van der Waals surface area contributed by atoms with E-state index in [4.69, 9.17) is 22.2 Å². The van der Waals surface area contributed by atoms with Crippen LogP contribution in [0.2, 0.25) is 12.1 Å². The molecule has 0 aromatic carbocycles. The molecule has 6 heteroatoms. The fraction of sp³-hybridized carbons (Fsp3) is 1.00. The Morgan fingerprint density at radius 1 is 1.20 bits per heavy atom. The standard InChI is InChI=1S/C9H17Cl2F3Si/c1-3-8(2)4-6-15(10,11)7-5-9(12,13)14/h8H,3-7H2,1-2H3/t8-/m0/s1. The molecular formula is C9H17Cl2F3Si. The van der Waals surface area contributed by atoms with Crippen molar-refractivity contribution in [3.8, 4) is 0 Å². The Bertz CT molecular complexity index is 183. The smallest absolute Gasteiger partial charge is 0.171 e. The van der Waals surface area contributed by atoms with Crippen molar-refractivity contribution in [1.82, 2.24) is 0 Å². The van der Waals surface area contributed by atoms with Gasteiger partial charge in [-0.05, 0) is 18.0 Å². The molecule has 15 heavy (non-hydrogen) atoms. The molecule has 0 saturated heterocycles. The second kappa shape index (κ2) is 6.35. The number of hydrogen-bond acceptors (Lipinski definition) is 0. The van der Waals surface area contributed by atoms with E-state index < -0.39 is 19.3 Å². The van der Waals surface area contributed by atoms with Gasteiger partial charge in [0, 0.05) is 6.42 Å². The maximum atomic E-state index is 12.0. The van der Waals surface area contributed by atoms with E-state index >= 15 is 0 Å². The molecular weight excluding hydrogens is 264 g/mol. The molecule has 0 aliphatic rings. The van der Waals surface area contributed by atoms with Crippen LogP contribution in [0.15, 0.2) is 0 Å². The molecule has 0 aliphatic heterocycles. The fourth-order valence-electron chi connectivity index (χ4n) is 1.11. The summed E-state index contributed by atoms with van der Waals surface area (Å²) in [5, 5.41) is 0. The predicted molar refractivity (Wildman–Crippen MR) is 61.8 cm³/mol. The Morgan fingerprint density at radius 3 is 2.13 bits per heavy atom. The summed E-state index contributed by atoms with van der Waals surface area (Å²) >= 11 is 11.9. The highest BCUT2D eigenvalue weighted by Gasteiger charge is 2.35. The summed E-state index contributed by atoms with van der Waals surface area (Å²) in [6.07, 6.45) is -3.16. The summed E-state index contributed by atoms with van der Waals surface area (Å²) in [5.74, 6) is 0.486. The van der Waals surface area contributed by atoms with Gasteiger partial charge in [0.25, 0.3) is 6.69 Å². The minimum atomic E-state index is -4.14. The Labute approximate surface area is 99.6 Å². The molecule has 0 radical (unpaired) electrons. The van der Waals surface area contributed by atoms with Crippen LogP contribution < -0.4 is 0 Å². The van der Waals surface area contributed by atoms with Gasteiger partial charge in [-0.3, -0.25) is 0 Å². The molecule has 0 nitrogen and oxygen atoms in total. The second-order valence-corrected chi connectivity index (χ2v) is 11.7. The van der Waals surface area contributed by atoms with Gasteiger partial charge in [-0.2, -0.15) is 13.2 Å². The second-order valence-electron chi connectivity index (χ2n) is 4.02. The van der Waals surface area contributed by atoms with Crippen LogP contribution in [0.3, 0.4) is 0 Å². The lowest BCUT2D eigenvalue weighted by molar-refractivity contribution is -0.130. The average Bonchev–Trinajstić information content (AvgIpc) is 2.10. The van der Waals surface area contributed by atoms with Gasteiger partial charge in [0.05, 0.1) is 0 Å². The van der Waals surface area contributed by atoms with Crippen molar-refractivity contribution in [2.75, 3.05) is 0 Å². The van der Waals surface area contributed by atoms with Crippen molar-refractivity contribution >= 4 is 28.9 Å². The van der Waals surface area contributed by atoms with E-state index in [1.807, 2.05) is 6.92 Å². The van der Waals surface area contributed by atoms with Gasteiger partial charge in [0.2, 0.25) is 0 Å². The fourth-order valence-corrected chi connectivity index (χ4v) is 4.15. The van der Waals surface area contributed by atoms with E-state index in [0.717, 1.165) is 12.8 Å². The van der Waals surface area contributed by atoms with E-state index in [-0.39, 0.29) is 6.04 Å². The monoisotopic (exact) mass is 280 g/mol. The Morgan fingerprint density at radius 2 is 1.73 bits per heavy atom. The molecule has 0 bridgehead atoms. The zero-order valence-corrected chi connectivity index (χ0v) is 11.5. The summed E-state index contributed by atoms with van der Waals surface area (Å²) in [6.45, 7) is 1.44. The molecule has 0 heterocycles. The van der Waals surface area contributed by atoms with Crippen LogP contribution in [-0.4, -0.2) is 12.9 Å². The first-order valence-corrected chi connectivity index (χ1v) is 9.54. The van der Waals surface area contributed by atoms with Crippen molar-refractivity contribution in [3.63, 3.8) is 0 Å². The van der Waals surface area contributed by atoms with Crippen LogP contribution in [0.4, 0.5) is 13.2 Å². The minimum absolute atomic E-state index is 0.0873. The van der Waals surface area contributed by atoms with Crippen molar-refractivity contribution in [2.45, 2.75) is 51.4 Å². The average molecular weight is 281 g/mol. The summed E-state index contributed by atoms with van der Waals surface area (Å²) in [4.78, 5) is 0. The molecule has 0 aromatic heterocycles. The predicted octanol–water partition coefficient (Wildman–Crippen LogP) is 5.29. The van der Waals surface area contributed by atoms with Crippen molar-refractivity contribution < 1.29 is 13.2 Å². The SMILES string of the molecule is CC[C@H](C)CC[Si](Cl)(Cl)CCC(F)(F)F. The molecule has 0 unspecified atom stereocenters. The summed E-state index contributed by atoms with van der Waals surface area (Å²) < 4.78 is 35.9. The Hall–Kier alpha value is 0.587. The van der Waals surface area contributed by atoms with Crippen LogP contribution in [0.5, 0.6) is 0 Å². The lowest BCUT2D eigenvalue weighted by Crippen LogP contribution is -2.23.